The number of pyridine rings is 1. The largest absolute Gasteiger partial charge is 0.343 e. The van der Waals surface area contributed by atoms with Gasteiger partial charge >= 0.3 is 0 Å². The maximum Gasteiger partial charge on any atom is 0.0517 e. The van der Waals surface area contributed by atoms with Gasteiger partial charge in [0.2, 0.25) is 0 Å². The third-order valence-corrected chi connectivity index (χ3v) is 3.08. The van der Waals surface area contributed by atoms with Gasteiger partial charge in [-0.05, 0) is 24.1 Å². The smallest absolute Gasteiger partial charge is 0.0517 e. The summed E-state index contributed by atoms with van der Waals surface area (Å²) in [4.78, 5) is 4.18. The minimum atomic E-state index is 0.912. The molecule has 0 amide bonds. The molecule has 0 aliphatic rings. The summed E-state index contributed by atoms with van der Waals surface area (Å²) in [7, 11) is 0. The van der Waals surface area contributed by atoms with Gasteiger partial charge in [-0.2, -0.15) is 0 Å². The summed E-state index contributed by atoms with van der Waals surface area (Å²) < 4.78 is 2.28. The second-order valence-electron chi connectivity index (χ2n) is 4.32. The van der Waals surface area contributed by atoms with Gasteiger partial charge in [-0.15, -0.1) is 0 Å². The summed E-state index contributed by atoms with van der Waals surface area (Å²) in [6.45, 7) is 3.04. The van der Waals surface area contributed by atoms with Crippen LogP contribution in [0, 0.1) is 6.92 Å². The van der Waals surface area contributed by atoms with Crippen molar-refractivity contribution in [2.75, 3.05) is 0 Å². The summed E-state index contributed by atoms with van der Waals surface area (Å²) in [5.41, 5.74) is 3.85. The Kier molecular flexibility index (Phi) is 2.41. The lowest BCUT2D eigenvalue weighted by atomic mass is 10.2. The molecule has 0 saturated heterocycles. The number of aromatic nitrogens is 2. The standard InChI is InChI=1S/C15H14N2/c1-12-10-17(11-13-5-3-2-4-6-13)15-7-8-16-9-14(12)15/h2-10H,11H2,1H3. The monoisotopic (exact) mass is 222 g/mol. The first-order chi connectivity index (χ1) is 8.34. The zero-order valence-corrected chi connectivity index (χ0v) is 9.80. The van der Waals surface area contributed by atoms with Gasteiger partial charge in [-0.1, -0.05) is 30.3 Å². The van der Waals surface area contributed by atoms with Crippen LogP contribution in [-0.2, 0) is 6.54 Å². The first kappa shape index (κ1) is 10.1. The van der Waals surface area contributed by atoms with Crippen molar-refractivity contribution in [3.8, 4) is 0 Å². The number of benzene rings is 1. The Morgan fingerprint density at radius 1 is 1.12 bits per heavy atom. The summed E-state index contributed by atoms with van der Waals surface area (Å²) >= 11 is 0. The van der Waals surface area contributed by atoms with Gasteiger partial charge in [0.1, 0.15) is 0 Å². The van der Waals surface area contributed by atoms with Crippen LogP contribution in [0.3, 0.4) is 0 Å². The molecule has 84 valence electrons. The van der Waals surface area contributed by atoms with Crippen LogP contribution in [0.25, 0.3) is 10.9 Å². The van der Waals surface area contributed by atoms with E-state index in [4.69, 9.17) is 0 Å². The van der Waals surface area contributed by atoms with E-state index < -0.39 is 0 Å². The number of rotatable bonds is 2. The summed E-state index contributed by atoms with van der Waals surface area (Å²) in [6.07, 6.45) is 5.98. The van der Waals surface area contributed by atoms with Crippen molar-refractivity contribution in [1.29, 1.82) is 0 Å². The van der Waals surface area contributed by atoms with Gasteiger partial charge in [0.25, 0.3) is 0 Å². The van der Waals surface area contributed by atoms with E-state index >= 15 is 0 Å². The summed E-state index contributed by atoms with van der Waals surface area (Å²) in [5, 5.41) is 1.24. The maximum atomic E-state index is 4.18. The molecule has 0 fully saturated rings. The zero-order valence-electron chi connectivity index (χ0n) is 9.80. The molecule has 1 aromatic carbocycles. The van der Waals surface area contributed by atoms with E-state index in [2.05, 4.69) is 53.0 Å². The van der Waals surface area contributed by atoms with Gasteiger partial charge in [-0.3, -0.25) is 4.98 Å². The third kappa shape index (κ3) is 1.82. The molecule has 0 unspecified atom stereocenters. The summed E-state index contributed by atoms with van der Waals surface area (Å²) in [6, 6.07) is 12.6. The number of hydrogen-bond donors (Lipinski definition) is 0. The average molecular weight is 222 g/mol. The molecule has 17 heavy (non-hydrogen) atoms. The first-order valence-electron chi connectivity index (χ1n) is 5.78. The van der Waals surface area contributed by atoms with Gasteiger partial charge in [0, 0.05) is 30.5 Å². The number of hydrogen-bond acceptors (Lipinski definition) is 1. The number of nitrogens with zero attached hydrogens (tertiary/aromatic N) is 2. The molecule has 0 saturated carbocycles. The van der Waals surface area contributed by atoms with E-state index in [1.807, 2.05) is 18.5 Å². The fourth-order valence-electron chi connectivity index (χ4n) is 2.23. The molecule has 2 heterocycles. The second kappa shape index (κ2) is 4.06. The van der Waals surface area contributed by atoms with E-state index in [1.165, 1.54) is 22.0 Å². The van der Waals surface area contributed by atoms with E-state index in [1.54, 1.807) is 0 Å². The molecule has 0 radical (unpaired) electrons. The van der Waals surface area contributed by atoms with Crippen LogP contribution < -0.4 is 0 Å². The van der Waals surface area contributed by atoms with E-state index in [-0.39, 0.29) is 0 Å². The second-order valence-corrected chi connectivity index (χ2v) is 4.32. The Balaban J connectivity index is 2.07. The van der Waals surface area contributed by atoms with Crippen molar-refractivity contribution in [3.05, 3.63) is 66.1 Å². The predicted octanol–water partition coefficient (Wildman–Crippen LogP) is 3.39. The molecule has 0 atom stereocenters. The molecule has 0 N–H and O–H groups in total. The van der Waals surface area contributed by atoms with E-state index in [9.17, 15) is 0 Å². The fraction of sp³-hybridized carbons (Fsp3) is 0.133. The Morgan fingerprint density at radius 3 is 2.76 bits per heavy atom. The molecule has 2 aromatic heterocycles. The topological polar surface area (TPSA) is 17.8 Å². The van der Waals surface area contributed by atoms with Gasteiger partial charge < -0.3 is 4.57 Å². The molecule has 0 aliphatic heterocycles. The molecule has 2 heteroatoms. The average Bonchev–Trinajstić information content (AvgIpc) is 2.69. The Hall–Kier alpha value is -2.09. The molecule has 2 nitrogen and oxygen atoms in total. The van der Waals surface area contributed by atoms with Crippen LogP contribution in [0.5, 0.6) is 0 Å². The predicted molar refractivity (Wildman–Crippen MR) is 70.0 cm³/mol. The Morgan fingerprint density at radius 2 is 1.94 bits per heavy atom. The van der Waals surface area contributed by atoms with Crippen LogP contribution in [0.2, 0.25) is 0 Å². The molecule has 3 rings (SSSR count). The van der Waals surface area contributed by atoms with Crippen LogP contribution in [-0.4, -0.2) is 9.55 Å². The first-order valence-corrected chi connectivity index (χ1v) is 5.78. The van der Waals surface area contributed by atoms with Crippen LogP contribution >= 0.6 is 0 Å². The van der Waals surface area contributed by atoms with Crippen molar-refractivity contribution < 1.29 is 0 Å². The fourth-order valence-corrected chi connectivity index (χ4v) is 2.23. The van der Waals surface area contributed by atoms with Crippen molar-refractivity contribution in [2.24, 2.45) is 0 Å². The minimum Gasteiger partial charge on any atom is -0.343 e. The van der Waals surface area contributed by atoms with Crippen molar-refractivity contribution in [3.63, 3.8) is 0 Å². The van der Waals surface area contributed by atoms with E-state index in [0.717, 1.165) is 6.54 Å². The Bertz CT molecular complexity index is 638. The Labute approximate surface area is 101 Å². The lowest BCUT2D eigenvalue weighted by Crippen LogP contribution is -1.97. The lowest BCUT2D eigenvalue weighted by molar-refractivity contribution is 0.834. The highest BCUT2D eigenvalue weighted by molar-refractivity contribution is 5.82. The highest BCUT2D eigenvalue weighted by atomic mass is 15.0. The highest BCUT2D eigenvalue weighted by Crippen LogP contribution is 2.20. The van der Waals surface area contributed by atoms with Gasteiger partial charge in [0.05, 0.1) is 5.52 Å². The third-order valence-electron chi connectivity index (χ3n) is 3.08. The van der Waals surface area contributed by atoms with Crippen molar-refractivity contribution in [1.82, 2.24) is 9.55 Å². The zero-order chi connectivity index (χ0) is 11.7. The maximum absolute atomic E-state index is 4.18. The minimum absolute atomic E-state index is 0.912. The number of fused-ring (bicyclic) bond motifs is 1. The molecule has 0 bridgehead atoms. The SMILES string of the molecule is Cc1cn(Cc2ccccc2)c2ccncc12. The lowest BCUT2D eigenvalue weighted by Gasteiger charge is -2.04. The molecule has 0 aliphatic carbocycles. The molecular formula is C15H14N2. The van der Waals surface area contributed by atoms with Crippen molar-refractivity contribution in [2.45, 2.75) is 13.5 Å². The van der Waals surface area contributed by atoms with E-state index in [0.29, 0.717) is 0 Å². The van der Waals surface area contributed by atoms with Crippen LogP contribution in [0.15, 0.2) is 55.0 Å². The van der Waals surface area contributed by atoms with Gasteiger partial charge in [0.15, 0.2) is 0 Å². The number of aryl methyl sites for hydroxylation is 1. The van der Waals surface area contributed by atoms with Crippen LogP contribution in [0.1, 0.15) is 11.1 Å². The quantitative estimate of drug-likeness (QED) is 0.650. The molecule has 0 spiro atoms. The van der Waals surface area contributed by atoms with Crippen LogP contribution in [0.4, 0.5) is 0 Å². The van der Waals surface area contributed by atoms with Crippen molar-refractivity contribution >= 4 is 10.9 Å². The molecule has 3 aromatic rings. The van der Waals surface area contributed by atoms with Gasteiger partial charge in [-0.25, -0.2) is 0 Å². The highest BCUT2D eigenvalue weighted by Gasteiger charge is 2.04. The molecular weight excluding hydrogens is 208 g/mol. The summed E-state index contributed by atoms with van der Waals surface area (Å²) in [5.74, 6) is 0. The normalized spacial score (nSPS) is 10.9.